The van der Waals surface area contributed by atoms with Crippen LogP contribution in [0.5, 0.6) is 0 Å². The molecule has 0 aliphatic carbocycles. The molecule has 0 aliphatic rings. The number of hydrazine groups is 1. The molecule has 15 heavy (non-hydrogen) atoms. The number of hydrogen-bond acceptors (Lipinski definition) is 4. The summed E-state index contributed by atoms with van der Waals surface area (Å²) in [6.07, 6.45) is 0.0547. The number of nitrogens with two attached hydrogens (primary N) is 1. The molecular formula is C11H26N2O2. The van der Waals surface area contributed by atoms with Gasteiger partial charge in [-0.25, -0.2) is 0 Å². The minimum absolute atomic E-state index is 0.0323. The summed E-state index contributed by atoms with van der Waals surface area (Å²) in [7, 11) is 0. The van der Waals surface area contributed by atoms with Crippen molar-refractivity contribution < 1.29 is 9.47 Å². The molecule has 0 radical (unpaired) electrons. The van der Waals surface area contributed by atoms with E-state index in [4.69, 9.17) is 15.3 Å². The van der Waals surface area contributed by atoms with Crippen LogP contribution in [0.3, 0.4) is 0 Å². The van der Waals surface area contributed by atoms with Crippen LogP contribution in [0.4, 0.5) is 0 Å². The molecule has 0 spiro atoms. The first-order valence-corrected chi connectivity index (χ1v) is 5.62. The summed E-state index contributed by atoms with van der Waals surface area (Å²) in [6.45, 7) is 12.4. The van der Waals surface area contributed by atoms with Gasteiger partial charge in [-0.1, -0.05) is 20.8 Å². The molecule has 0 bridgehead atoms. The highest BCUT2D eigenvalue weighted by Crippen LogP contribution is 2.25. The maximum Gasteiger partial charge on any atom is 0.0811 e. The first-order chi connectivity index (χ1) is 6.97. The van der Waals surface area contributed by atoms with Gasteiger partial charge in [0, 0.05) is 13.2 Å². The SMILES string of the molecule is CCOCC(NN)C(OCC)C(C)(C)C. The molecule has 4 nitrogen and oxygen atoms in total. The Labute approximate surface area is 93.5 Å². The topological polar surface area (TPSA) is 56.5 Å². The summed E-state index contributed by atoms with van der Waals surface area (Å²) in [5.41, 5.74) is 2.82. The maximum atomic E-state index is 5.73. The summed E-state index contributed by atoms with van der Waals surface area (Å²) in [4.78, 5) is 0. The van der Waals surface area contributed by atoms with Crippen molar-refractivity contribution in [1.82, 2.24) is 5.43 Å². The van der Waals surface area contributed by atoms with Crippen LogP contribution in [0, 0.1) is 5.41 Å². The lowest BCUT2D eigenvalue weighted by molar-refractivity contribution is -0.0548. The Bertz CT molecular complexity index is 157. The molecule has 0 fully saturated rings. The quantitative estimate of drug-likeness (QED) is 0.499. The van der Waals surface area contributed by atoms with E-state index in [-0.39, 0.29) is 17.6 Å². The second kappa shape index (κ2) is 7.17. The summed E-state index contributed by atoms with van der Waals surface area (Å²) in [5.74, 6) is 5.53. The minimum atomic E-state index is 0.0323. The molecule has 0 aromatic heterocycles. The van der Waals surface area contributed by atoms with E-state index in [1.807, 2.05) is 13.8 Å². The Kier molecular flexibility index (Phi) is 7.09. The highest BCUT2D eigenvalue weighted by Gasteiger charge is 2.32. The molecule has 0 heterocycles. The van der Waals surface area contributed by atoms with Crippen LogP contribution < -0.4 is 11.3 Å². The second-order valence-electron chi connectivity index (χ2n) is 4.67. The summed E-state index contributed by atoms with van der Waals surface area (Å²) in [5, 5.41) is 0. The molecule has 0 aromatic rings. The lowest BCUT2D eigenvalue weighted by atomic mass is 9.85. The fraction of sp³-hybridized carbons (Fsp3) is 1.00. The number of nitrogens with one attached hydrogen (secondary N) is 1. The van der Waals surface area contributed by atoms with Crippen molar-refractivity contribution in [3.63, 3.8) is 0 Å². The van der Waals surface area contributed by atoms with E-state index in [9.17, 15) is 0 Å². The molecule has 0 aliphatic heterocycles. The van der Waals surface area contributed by atoms with Gasteiger partial charge < -0.3 is 9.47 Å². The Morgan fingerprint density at radius 1 is 1.20 bits per heavy atom. The molecule has 2 unspecified atom stereocenters. The van der Waals surface area contributed by atoms with Gasteiger partial charge in [-0.15, -0.1) is 0 Å². The third-order valence-corrected chi connectivity index (χ3v) is 2.28. The third-order valence-electron chi connectivity index (χ3n) is 2.28. The Balaban J connectivity index is 4.40. The molecule has 2 atom stereocenters. The van der Waals surface area contributed by atoms with E-state index in [1.54, 1.807) is 0 Å². The molecule has 0 saturated heterocycles. The predicted molar refractivity (Wildman–Crippen MR) is 62.5 cm³/mol. The van der Waals surface area contributed by atoms with Crippen molar-refractivity contribution >= 4 is 0 Å². The average Bonchev–Trinajstić information content (AvgIpc) is 2.15. The zero-order valence-electron chi connectivity index (χ0n) is 10.7. The molecule has 0 aromatic carbocycles. The first kappa shape index (κ1) is 14.8. The number of ether oxygens (including phenoxy) is 2. The lowest BCUT2D eigenvalue weighted by Gasteiger charge is -2.36. The highest BCUT2D eigenvalue weighted by molar-refractivity contribution is 4.85. The van der Waals surface area contributed by atoms with Gasteiger partial charge in [-0.05, 0) is 19.3 Å². The van der Waals surface area contributed by atoms with Crippen LogP contribution >= 0.6 is 0 Å². The van der Waals surface area contributed by atoms with E-state index < -0.39 is 0 Å². The predicted octanol–water partition coefficient (Wildman–Crippen LogP) is 1.31. The Hall–Kier alpha value is -0.160. The molecule has 3 N–H and O–H groups in total. The fourth-order valence-electron chi connectivity index (χ4n) is 1.62. The van der Waals surface area contributed by atoms with Gasteiger partial charge >= 0.3 is 0 Å². The normalized spacial score (nSPS) is 16.4. The van der Waals surface area contributed by atoms with Gasteiger partial charge in [0.25, 0.3) is 0 Å². The van der Waals surface area contributed by atoms with Crippen molar-refractivity contribution in [2.24, 2.45) is 11.3 Å². The standard InChI is InChI=1S/C11H26N2O2/c1-6-14-8-9(13-12)10(15-7-2)11(3,4)5/h9-10,13H,6-8,12H2,1-5H3. The minimum Gasteiger partial charge on any atom is -0.380 e. The maximum absolute atomic E-state index is 5.73. The van der Waals surface area contributed by atoms with Crippen LogP contribution in [-0.2, 0) is 9.47 Å². The Morgan fingerprint density at radius 2 is 1.80 bits per heavy atom. The average molecular weight is 218 g/mol. The van der Waals surface area contributed by atoms with Crippen LogP contribution in [-0.4, -0.2) is 32.0 Å². The lowest BCUT2D eigenvalue weighted by Crippen LogP contribution is -2.53. The Morgan fingerprint density at radius 3 is 2.13 bits per heavy atom. The smallest absolute Gasteiger partial charge is 0.0811 e. The van der Waals surface area contributed by atoms with Gasteiger partial charge in [-0.2, -0.15) is 0 Å². The monoisotopic (exact) mass is 218 g/mol. The molecule has 0 saturated carbocycles. The zero-order valence-corrected chi connectivity index (χ0v) is 10.7. The van der Waals surface area contributed by atoms with Crippen LogP contribution in [0.15, 0.2) is 0 Å². The summed E-state index contributed by atoms with van der Waals surface area (Å²) in [6, 6.07) is 0.0323. The van der Waals surface area contributed by atoms with Gasteiger partial charge in [0.1, 0.15) is 0 Å². The number of hydrogen-bond donors (Lipinski definition) is 2. The van der Waals surface area contributed by atoms with Gasteiger partial charge in [0.2, 0.25) is 0 Å². The molecule has 4 heteroatoms. The van der Waals surface area contributed by atoms with Crippen LogP contribution in [0.25, 0.3) is 0 Å². The second-order valence-corrected chi connectivity index (χ2v) is 4.67. The largest absolute Gasteiger partial charge is 0.380 e. The number of rotatable bonds is 7. The van der Waals surface area contributed by atoms with E-state index in [0.717, 1.165) is 0 Å². The van der Waals surface area contributed by atoms with E-state index in [1.165, 1.54) is 0 Å². The van der Waals surface area contributed by atoms with Crippen LogP contribution in [0.1, 0.15) is 34.6 Å². The summed E-state index contributed by atoms with van der Waals surface area (Å²) < 4.78 is 11.1. The van der Waals surface area contributed by atoms with Crippen molar-refractivity contribution in [3.8, 4) is 0 Å². The van der Waals surface area contributed by atoms with Crippen molar-refractivity contribution in [1.29, 1.82) is 0 Å². The molecule has 0 rings (SSSR count). The molecule has 92 valence electrons. The van der Waals surface area contributed by atoms with Gasteiger partial charge in [0.15, 0.2) is 0 Å². The first-order valence-electron chi connectivity index (χ1n) is 5.62. The van der Waals surface area contributed by atoms with Crippen LogP contribution in [0.2, 0.25) is 0 Å². The van der Waals surface area contributed by atoms with Gasteiger partial charge in [-0.3, -0.25) is 11.3 Å². The van der Waals surface area contributed by atoms with Crippen molar-refractivity contribution in [3.05, 3.63) is 0 Å². The zero-order chi connectivity index (χ0) is 11.9. The van der Waals surface area contributed by atoms with E-state index >= 15 is 0 Å². The fourth-order valence-corrected chi connectivity index (χ4v) is 1.62. The summed E-state index contributed by atoms with van der Waals surface area (Å²) >= 11 is 0. The van der Waals surface area contributed by atoms with Crippen molar-refractivity contribution in [2.75, 3.05) is 19.8 Å². The molecular weight excluding hydrogens is 192 g/mol. The van der Waals surface area contributed by atoms with Crippen molar-refractivity contribution in [2.45, 2.75) is 46.8 Å². The highest BCUT2D eigenvalue weighted by atomic mass is 16.5. The van der Waals surface area contributed by atoms with E-state index in [2.05, 4.69) is 26.2 Å². The molecule has 0 amide bonds. The van der Waals surface area contributed by atoms with E-state index in [0.29, 0.717) is 19.8 Å². The third kappa shape index (κ3) is 5.47. The van der Waals surface area contributed by atoms with Gasteiger partial charge in [0.05, 0.1) is 18.8 Å².